The van der Waals surface area contributed by atoms with Gasteiger partial charge in [0.2, 0.25) is 0 Å². The van der Waals surface area contributed by atoms with E-state index in [1.165, 1.54) is 41.8 Å². The number of nitrogens with one attached hydrogen (secondary N) is 2. The van der Waals surface area contributed by atoms with E-state index in [0.29, 0.717) is 5.56 Å². The summed E-state index contributed by atoms with van der Waals surface area (Å²) in [5.41, 5.74) is 3.21. The molecule has 0 fully saturated rings. The first-order chi connectivity index (χ1) is 14.0. The van der Waals surface area contributed by atoms with E-state index in [-0.39, 0.29) is 22.1 Å². The van der Waals surface area contributed by atoms with Crippen LogP contribution in [0.5, 0.6) is 0 Å². The van der Waals surface area contributed by atoms with Gasteiger partial charge in [-0.2, -0.15) is 5.10 Å². The lowest BCUT2D eigenvalue weighted by Crippen LogP contribution is -2.32. The van der Waals surface area contributed by atoms with Crippen molar-refractivity contribution in [2.75, 3.05) is 0 Å². The minimum Gasteiger partial charge on any atom is -0.317 e. The number of hydrogen-bond donors (Lipinski definition) is 2. The van der Waals surface area contributed by atoms with E-state index in [4.69, 9.17) is 11.6 Å². The van der Waals surface area contributed by atoms with Crippen LogP contribution >= 0.6 is 22.9 Å². The lowest BCUT2D eigenvalue weighted by Gasteiger charge is -2.09. The number of carbonyl (C=O) groups is 2. The summed E-state index contributed by atoms with van der Waals surface area (Å²) < 4.78 is 12.9. The third-order valence-corrected chi connectivity index (χ3v) is 4.84. The number of carbonyl (C=O) groups excluding carboxylic acids is 2. The van der Waals surface area contributed by atoms with Gasteiger partial charge in [0.25, 0.3) is 11.8 Å². The SMILES string of the molecule is O=C(NN=Cc1ccc(F)cc1)/C(=C\c1cccs1)NC(=O)c1ccccc1Cl. The van der Waals surface area contributed by atoms with Gasteiger partial charge in [-0.15, -0.1) is 11.3 Å². The van der Waals surface area contributed by atoms with Crippen LogP contribution in [-0.4, -0.2) is 18.0 Å². The molecule has 2 aromatic carbocycles. The molecule has 0 spiro atoms. The molecule has 146 valence electrons. The maximum absolute atomic E-state index is 12.9. The average molecular weight is 428 g/mol. The first kappa shape index (κ1) is 20.4. The highest BCUT2D eigenvalue weighted by atomic mass is 35.5. The highest BCUT2D eigenvalue weighted by molar-refractivity contribution is 7.10. The summed E-state index contributed by atoms with van der Waals surface area (Å²) in [5, 5.41) is 8.56. The molecule has 0 aliphatic carbocycles. The topological polar surface area (TPSA) is 70.6 Å². The molecule has 2 N–H and O–H groups in total. The Morgan fingerprint density at radius 2 is 1.79 bits per heavy atom. The van der Waals surface area contributed by atoms with Crippen LogP contribution in [0, 0.1) is 5.82 Å². The standard InChI is InChI=1S/C21H15ClFN3O2S/c22-18-6-2-1-5-17(18)20(27)25-19(12-16-4-3-11-29-16)21(28)26-24-13-14-7-9-15(23)10-8-14/h1-13H,(H,25,27)(H,26,28)/b19-12+,24-13?. The Kier molecular flexibility index (Phi) is 6.89. The molecule has 0 saturated carbocycles. The van der Waals surface area contributed by atoms with Crippen LogP contribution in [0.1, 0.15) is 20.8 Å². The largest absolute Gasteiger partial charge is 0.317 e. The van der Waals surface area contributed by atoms with Crippen LogP contribution in [0.3, 0.4) is 0 Å². The summed E-state index contributed by atoms with van der Waals surface area (Å²) in [6.45, 7) is 0. The zero-order valence-corrected chi connectivity index (χ0v) is 16.5. The second-order valence-electron chi connectivity index (χ2n) is 5.76. The Hall–Kier alpha value is -3.29. The normalized spacial score (nSPS) is 11.4. The van der Waals surface area contributed by atoms with Crippen LogP contribution in [0.25, 0.3) is 6.08 Å². The maximum atomic E-state index is 12.9. The van der Waals surface area contributed by atoms with Gasteiger partial charge in [0.15, 0.2) is 0 Å². The molecule has 0 aliphatic heterocycles. The lowest BCUT2D eigenvalue weighted by molar-refractivity contribution is -0.117. The fourth-order valence-corrected chi connectivity index (χ4v) is 3.16. The van der Waals surface area contributed by atoms with Gasteiger partial charge in [-0.25, -0.2) is 9.82 Å². The third-order valence-electron chi connectivity index (χ3n) is 3.69. The predicted molar refractivity (Wildman–Crippen MR) is 113 cm³/mol. The Balaban J connectivity index is 1.76. The lowest BCUT2D eigenvalue weighted by atomic mass is 10.2. The molecule has 1 heterocycles. The van der Waals surface area contributed by atoms with Gasteiger partial charge in [-0.3, -0.25) is 9.59 Å². The van der Waals surface area contributed by atoms with Crippen molar-refractivity contribution >= 4 is 47.0 Å². The number of amides is 2. The number of hydrazone groups is 1. The summed E-state index contributed by atoms with van der Waals surface area (Å²) >= 11 is 7.47. The molecule has 3 rings (SSSR count). The number of rotatable bonds is 6. The van der Waals surface area contributed by atoms with Crippen LogP contribution in [-0.2, 0) is 4.79 Å². The van der Waals surface area contributed by atoms with Crippen LogP contribution in [0.2, 0.25) is 5.02 Å². The summed E-state index contributed by atoms with van der Waals surface area (Å²) in [7, 11) is 0. The van der Waals surface area contributed by atoms with Gasteiger partial charge < -0.3 is 5.32 Å². The van der Waals surface area contributed by atoms with Crippen molar-refractivity contribution in [1.29, 1.82) is 0 Å². The van der Waals surface area contributed by atoms with Gasteiger partial charge in [0.1, 0.15) is 11.5 Å². The van der Waals surface area contributed by atoms with Gasteiger partial charge in [0, 0.05) is 4.88 Å². The Bertz CT molecular complexity index is 1060. The molecular formula is C21H15ClFN3O2S. The third kappa shape index (κ3) is 5.84. The van der Waals surface area contributed by atoms with E-state index < -0.39 is 11.8 Å². The highest BCUT2D eigenvalue weighted by Gasteiger charge is 2.16. The number of thiophene rings is 1. The van der Waals surface area contributed by atoms with E-state index in [0.717, 1.165) is 4.88 Å². The number of halogens is 2. The molecule has 0 radical (unpaired) electrons. The van der Waals surface area contributed by atoms with Gasteiger partial charge >= 0.3 is 0 Å². The second-order valence-corrected chi connectivity index (χ2v) is 7.14. The van der Waals surface area contributed by atoms with E-state index in [1.807, 2.05) is 11.4 Å². The summed E-state index contributed by atoms with van der Waals surface area (Å²) in [6, 6.07) is 15.8. The molecule has 8 heteroatoms. The second kappa shape index (κ2) is 9.77. The molecule has 2 amide bonds. The first-order valence-corrected chi connectivity index (χ1v) is 9.69. The van der Waals surface area contributed by atoms with E-state index >= 15 is 0 Å². The molecule has 0 bridgehead atoms. The molecule has 5 nitrogen and oxygen atoms in total. The Morgan fingerprint density at radius 1 is 1.03 bits per heavy atom. The number of nitrogens with zero attached hydrogens (tertiary/aromatic N) is 1. The van der Waals surface area contributed by atoms with Crippen molar-refractivity contribution in [3.05, 3.63) is 98.6 Å². The zero-order valence-electron chi connectivity index (χ0n) is 14.9. The van der Waals surface area contributed by atoms with E-state index in [2.05, 4.69) is 15.8 Å². The minimum atomic E-state index is -0.614. The van der Waals surface area contributed by atoms with Crippen molar-refractivity contribution in [2.45, 2.75) is 0 Å². The molecule has 0 atom stereocenters. The van der Waals surface area contributed by atoms with Crippen molar-refractivity contribution in [3.63, 3.8) is 0 Å². The molecule has 1 aromatic heterocycles. The Morgan fingerprint density at radius 3 is 2.48 bits per heavy atom. The fraction of sp³-hybridized carbons (Fsp3) is 0. The summed E-state index contributed by atoms with van der Waals surface area (Å²) in [4.78, 5) is 25.9. The van der Waals surface area contributed by atoms with Crippen molar-refractivity contribution in [2.24, 2.45) is 5.10 Å². The zero-order chi connectivity index (χ0) is 20.6. The molecule has 0 saturated heterocycles. The molecule has 0 aliphatic rings. The molecule has 3 aromatic rings. The Labute approximate surface area is 175 Å². The average Bonchev–Trinajstić information content (AvgIpc) is 3.22. The summed E-state index contributed by atoms with van der Waals surface area (Å²) in [6.07, 6.45) is 2.91. The minimum absolute atomic E-state index is 0.00799. The first-order valence-electron chi connectivity index (χ1n) is 8.43. The van der Waals surface area contributed by atoms with Crippen LogP contribution in [0.15, 0.2) is 76.8 Å². The van der Waals surface area contributed by atoms with Crippen molar-refractivity contribution in [3.8, 4) is 0 Å². The van der Waals surface area contributed by atoms with Crippen LogP contribution < -0.4 is 10.7 Å². The van der Waals surface area contributed by atoms with E-state index in [1.54, 1.807) is 36.4 Å². The molecule has 29 heavy (non-hydrogen) atoms. The van der Waals surface area contributed by atoms with Crippen molar-refractivity contribution in [1.82, 2.24) is 10.7 Å². The number of benzene rings is 2. The van der Waals surface area contributed by atoms with Gasteiger partial charge in [0.05, 0.1) is 16.8 Å². The van der Waals surface area contributed by atoms with E-state index in [9.17, 15) is 14.0 Å². The monoisotopic (exact) mass is 427 g/mol. The smallest absolute Gasteiger partial charge is 0.287 e. The maximum Gasteiger partial charge on any atom is 0.287 e. The summed E-state index contributed by atoms with van der Waals surface area (Å²) in [5.74, 6) is -1.50. The van der Waals surface area contributed by atoms with Gasteiger partial charge in [-0.05, 0) is 47.4 Å². The van der Waals surface area contributed by atoms with Gasteiger partial charge in [-0.1, -0.05) is 41.9 Å². The van der Waals surface area contributed by atoms with Crippen LogP contribution in [0.4, 0.5) is 4.39 Å². The number of hydrogen-bond acceptors (Lipinski definition) is 4. The molecule has 0 unspecified atom stereocenters. The van der Waals surface area contributed by atoms with Crippen molar-refractivity contribution < 1.29 is 14.0 Å². The molecular weight excluding hydrogens is 413 g/mol. The highest BCUT2D eigenvalue weighted by Crippen LogP contribution is 2.16. The quantitative estimate of drug-likeness (QED) is 0.346. The predicted octanol–water partition coefficient (Wildman–Crippen LogP) is 4.46. The fourth-order valence-electron chi connectivity index (χ4n) is 2.28.